The molecule has 0 amide bonds. The Morgan fingerprint density at radius 2 is 1.86 bits per heavy atom. The van der Waals surface area contributed by atoms with Gasteiger partial charge in [-0.3, -0.25) is 4.79 Å². The summed E-state index contributed by atoms with van der Waals surface area (Å²) >= 11 is 0. The molecule has 4 rings (SSSR count). The summed E-state index contributed by atoms with van der Waals surface area (Å²) in [5.41, 5.74) is 2.23. The van der Waals surface area contributed by atoms with Crippen LogP contribution >= 0.6 is 0 Å². The number of fused-ring (bicyclic) bond motifs is 1. The Balaban J connectivity index is 1.64. The molecule has 0 bridgehead atoms. The number of carbonyl (C=O) groups excluding carboxylic acids is 1. The SMILES string of the molecule is CC(=O)c1cnc(N2C[C@@H]3CN(S(C)(=O)=O)[C@@H](c4ccccc4)[C@@H]3C2)nc1C. The molecule has 28 heavy (non-hydrogen) atoms. The second-order valence-corrected chi connectivity index (χ2v) is 9.68. The average Bonchev–Trinajstić information content (AvgIpc) is 3.19. The van der Waals surface area contributed by atoms with E-state index in [4.69, 9.17) is 0 Å². The van der Waals surface area contributed by atoms with Crippen molar-refractivity contribution in [1.29, 1.82) is 0 Å². The Bertz CT molecular complexity index is 1010. The molecule has 7 nitrogen and oxygen atoms in total. The van der Waals surface area contributed by atoms with E-state index >= 15 is 0 Å². The molecule has 0 N–H and O–H groups in total. The molecule has 0 saturated carbocycles. The number of hydrogen-bond acceptors (Lipinski definition) is 6. The van der Waals surface area contributed by atoms with Crippen LogP contribution in [0.15, 0.2) is 36.5 Å². The first kappa shape index (κ1) is 19.0. The van der Waals surface area contributed by atoms with Gasteiger partial charge in [-0.25, -0.2) is 18.4 Å². The van der Waals surface area contributed by atoms with Crippen LogP contribution in [0.25, 0.3) is 0 Å². The van der Waals surface area contributed by atoms with Crippen molar-refractivity contribution in [3.63, 3.8) is 0 Å². The van der Waals surface area contributed by atoms with Crippen molar-refractivity contribution >= 4 is 21.8 Å². The Kier molecular flexibility index (Phi) is 4.71. The van der Waals surface area contributed by atoms with Crippen molar-refractivity contribution in [3.8, 4) is 0 Å². The topological polar surface area (TPSA) is 83.5 Å². The minimum Gasteiger partial charge on any atom is -0.340 e. The van der Waals surface area contributed by atoms with E-state index < -0.39 is 10.0 Å². The fraction of sp³-hybridized carbons (Fsp3) is 0.450. The number of rotatable bonds is 4. The van der Waals surface area contributed by atoms with Gasteiger partial charge in [-0.2, -0.15) is 4.31 Å². The summed E-state index contributed by atoms with van der Waals surface area (Å²) < 4.78 is 26.4. The number of anilines is 1. The summed E-state index contributed by atoms with van der Waals surface area (Å²) in [7, 11) is -3.30. The third-order valence-electron chi connectivity index (χ3n) is 5.82. The number of aromatic nitrogens is 2. The van der Waals surface area contributed by atoms with Crippen LogP contribution in [0, 0.1) is 18.8 Å². The Morgan fingerprint density at radius 3 is 2.46 bits per heavy atom. The first-order valence-electron chi connectivity index (χ1n) is 9.37. The molecule has 2 fully saturated rings. The lowest BCUT2D eigenvalue weighted by atomic mass is 9.90. The highest BCUT2D eigenvalue weighted by molar-refractivity contribution is 7.88. The van der Waals surface area contributed by atoms with Crippen LogP contribution < -0.4 is 4.90 Å². The predicted octanol–water partition coefficient (Wildman–Crippen LogP) is 2.06. The lowest BCUT2D eigenvalue weighted by Gasteiger charge is -2.28. The molecule has 3 atom stereocenters. The van der Waals surface area contributed by atoms with Gasteiger partial charge in [0.05, 0.1) is 23.6 Å². The van der Waals surface area contributed by atoms with E-state index in [0.29, 0.717) is 36.8 Å². The van der Waals surface area contributed by atoms with E-state index in [1.165, 1.54) is 13.2 Å². The van der Waals surface area contributed by atoms with E-state index in [-0.39, 0.29) is 23.7 Å². The maximum Gasteiger partial charge on any atom is 0.225 e. The van der Waals surface area contributed by atoms with Crippen molar-refractivity contribution in [1.82, 2.24) is 14.3 Å². The highest BCUT2D eigenvalue weighted by atomic mass is 32.2. The summed E-state index contributed by atoms with van der Waals surface area (Å²) in [6, 6.07) is 9.65. The summed E-state index contributed by atoms with van der Waals surface area (Å²) in [6.07, 6.45) is 2.88. The van der Waals surface area contributed by atoms with Gasteiger partial charge in [0.2, 0.25) is 16.0 Å². The van der Waals surface area contributed by atoms with Gasteiger partial charge in [0.25, 0.3) is 0 Å². The largest absolute Gasteiger partial charge is 0.340 e. The van der Waals surface area contributed by atoms with Gasteiger partial charge >= 0.3 is 0 Å². The Labute approximate surface area is 165 Å². The number of ketones is 1. The van der Waals surface area contributed by atoms with Gasteiger partial charge < -0.3 is 4.90 Å². The number of carbonyl (C=O) groups is 1. The number of aryl methyl sites for hydroxylation is 1. The Morgan fingerprint density at radius 1 is 1.14 bits per heavy atom. The molecule has 2 aliphatic rings. The normalized spacial score (nSPS) is 25.1. The number of sulfonamides is 1. The molecule has 0 unspecified atom stereocenters. The van der Waals surface area contributed by atoms with Gasteiger partial charge in [-0.1, -0.05) is 30.3 Å². The molecule has 0 spiro atoms. The summed E-state index contributed by atoms with van der Waals surface area (Å²) in [6.45, 7) is 5.23. The summed E-state index contributed by atoms with van der Waals surface area (Å²) in [5.74, 6) is 0.953. The molecular formula is C20H24N4O3S. The van der Waals surface area contributed by atoms with E-state index in [9.17, 15) is 13.2 Å². The first-order chi connectivity index (χ1) is 13.3. The lowest BCUT2D eigenvalue weighted by Crippen LogP contribution is -2.35. The minimum atomic E-state index is -3.30. The van der Waals surface area contributed by atoms with Crippen LogP contribution in [0.1, 0.15) is 34.6 Å². The smallest absolute Gasteiger partial charge is 0.225 e. The zero-order valence-corrected chi connectivity index (χ0v) is 17.1. The molecule has 0 radical (unpaired) electrons. The number of benzene rings is 1. The summed E-state index contributed by atoms with van der Waals surface area (Å²) in [5, 5.41) is 0. The molecule has 2 saturated heterocycles. The number of hydrogen-bond donors (Lipinski definition) is 0. The van der Waals surface area contributed by atoms with Crippen molar-refractivity contribution in [2.75, 3.05) is 30.8 Å². The van der Waals surface area contributed by atoms with Crippen LogP contribution in [-0.4, -0.2) is 54.4 Å². The first-order valence-corrected chi connectivity index (χ1v) is 11.2. The van der Waals surface area contributed by atoms with Crippen molar-refractivity contribution in [2.45, 2.75) is 19.9 Å². The monoisotopic (exact) mass is 400 g/mol. The molecule has 2 aromatic rings. The highest BCUT2D eigenvalue weighted by Crippen LogP contribution is 2.46. The van der Waals surface area contributed by atoms with Crippen LogP contribution in [0.2, 0.25) is 0 Å². The van der Waals surface area contributed by atoms with Gasteiger partial charge in [0.1, 0.15) is 0 Å². The third kappa shape index (κ3) is 3.31. The molecular weight excluding hydrogens is 376 g/mol. The number of Topliss-reactive ketones (excluding diaryl/α,β-unsaturated/α-hetero) is 1. The zero-order chi connectivity index (χ0) is 20.1. The lowest BCUT2D eigenvalue weighted by molar-refractivity contribution is 0.101. The molecule has 3 heterocycles. The zero-order valence-electron chi connectivity index (χ0n) is 16.2. The van der Waals surface area contributed by atoms with E-state index in [0.717, 1.165) is 5.56 Å². The van der Waals surface area contributed by atoms with Crippen LogP contribution in [-0.2, 0) is 10.0 Å². The molecule has 1 aromatic carbocycles. The molecule has 2 aliphatic heterocycles. The van der Waals surface area contributed by atoms with Gasteiger partial charge in [0, 0.05) is 31.7 Å². The molecule has 0 aliphatic carbocycles. The van der Waals surface area contributed by atoms with Crippen LogP contribution in [0.4, 0.5) is 5.95 Å². The quantitative estimate of drug-likeness (QED) is 0.731. The van der Waals surface area contributed by atoms with Crippen LogP contribution in [0.5, 0.6) is 0 Å². The molecule has 1 aromatic heterocycles. The Hall–Kier alpha value is -2.32. The summed E-state index contributed by atoms with van der Waals surface area (Å²) in [4.78, 5) is 22.7. The van der Waals surface area contributed by atoms with E-state index in [2.05, 4.69) is 14.9 Å². The maximum absolute atomic E-state index is 12.4. The molecule has 148 valence electrons. The van der Waals surface area contributed by atoms with Crippen LogP contribution in [0.3, 0.4) is 0 Å². The van der Waals surface area contributed by atoms with Gasteiger partial charge in [0.15, 0.2) is 5.78 Å². The number of nitrogens with zero attached hydrogens (tertiary/aromatic N) is 4. The third-order valence-corrected chi connectivity index (χ3v) is 7.05. The van der Waals surface area contributed by atoms with Crippen molar-refractivity contribution in [2.24, 2.45) is 11.8 Å². The maximum atomic E-state index is 12.4. The fourth-order valence-electron chi connectivity index (χ4n) is 4.53. The second kappa shape index (κ2) is 6.93. The minimum absolute atomic E-state index is 0.0460. The van der Waals surface area contributed by atoms with Crippen molar-refractivity contribution in [3.05, 3.63) is 53.3 Å². The van der Waals surface area contributed by atoms with Gasteiger partial charge in [-0.15, -0.1) is 0 Å². The standard InChI is InChI=1S/C20H24N4O3S/c1-13-17(14(2)25)9-21-20(22-13)23-10-16-11-24(28(3,26)27)19(18(16)12-23)15-7-5-4-6-8-15/h4-9,16,18-19H,10-12H2,1-3H3/t16-,18-,19+/m1/s1. The molecule has 8 heteroatoms. The van der Waals surface area contributed by atoms with E-state index in [1.54, 1.807) is 10.5 Å². The predicted molar refractivity (Wildman–Crippen MR) is 107 cm³/mol. The van der Waals surface area contributed by atoms with Gasteiger partial charge in [-0.05, 0) is 25.3 Å². The second-order valence-electron chi connectivity index (χ2n) is 7.74. The fourth-order valence-corrected chi connectivity index (χ4v) is 5.68. The highest BCUT2D eigenvalue weighted by Gasteiger charge is 2.50. The van der Waals surface area contributed by atoms with E-state index in [1.807, 2.05) is 37.3 Å². The van der Waals surface area contributed by atoms with Crippen molar-refractivity contribution < 1.29 is 13.2 Å². The average molecular weight is 401 g/mol.